The number of halogens is 1. The lowest BCUT2D eigenvalue weighted by Gasteiger charge is -2.35. The van der Waals surface area contributed by atoms with Crippen LogP contribution in [-0.2, 0) is 10.0 Å². The lowest BCUT2D eigenvalue weighted by molar-refractivity contribution is 0.199. The third-order valence-corrected chi connectivity index (χ3v) is 4.81. The van der Waals surface area contributed by atoms with Gasteiger partial charge in [0.2, 0.25) is 10.0 Å². The molecular formula is C13H19FN2O3S. The van der Waals surface area contributed by atoms with E-state index in [0.29, 0.717) is 37.4 Å². The fourth-order valence-electron chi connectivity index (χ4n) is 2.30. The van der Waals surface area contributed by atoms with Crippen molar-refractivity contribution in [2.45, 2.75) is 13.0 Å². The van der Waals surface area contributed by atoms with Crippen LogP contribution in [0, 0.1) is 5.82 Å². The summed E-state index contributed by atoms with van der Waals surface area (Å²) >= 11 is 0. The highest BCUT2D eigenvalue weighted by molar-refractivity contribution is 7.88. The minimum Gasteiger partial charge on any atom is -0.389 e. The molecule has 0 amide bonds. The number of aliphatic hydroxyl groups excluding tert-OH is 1. The highest BCUT2D eigenvalue weighted by Gasteiger charge is 2.24. The summed E-state index contributed by atoms with van der Waals surface area (Å²) in [6.07, 6.45) is 0.473. The summed E-state index contributed by atoms with van der Waals surface area (Å²) in [5, 5.41) is 9.42. The number of piperazine rings is 1. The monoisotopic (exact) mass is 302 g/mol. The molecular weight excluding hydrogens is 283 g/mol. The van der Waals surface area contributed by atoms with Crippen molar-refractivity contribution in [1.29, 1.82) is 0 Å². The summed E-state index contributed by atoms with van der Waals surface area (Å²) in [7, 11) is -3.18. The number of aliphatic hydroxyl groups is 1. The van der Waals surface area contributed by atoms with E-state index in [0.717, 1.165) is 0 Å². The zero-order valence-corrected chi connectivity index (χ0v) is 12.4. The Morgan fingerprint density at radius 1 is 1.25 bits per heavy atom. The van der Waals surface area contributed by atoms with Crippen LogP contribution in [0.2, 0.25) is 0 Å². The van der Waals surface area contributed by atoms with Gasteiger partial charge in [0.15, 0.2) is 0 Å². The first-order valence-electron chi connectivity index (χ1n) is 6.46. The number of nitrogens with zero attached hydrogens (tertiary/aromatic N) is 2. The Balaban J connectivity index is 2.11. The van der Waals surface area contributed by atoms with Gasteiger partial charge in [0, 0.05) is 26.2 Å². The highest BCUT2D eigenvalue weighted by atomic mass is 32.2. The molecule has 1 saturated heterocycles. The molecule has 2 rings (SSSR count). The van der Waals surface area contributed by atoms with Gasteiger partial charge in [-0.25, -0.2) is 12.8 Å². The molecule has 1 aromatic rings. The van der Waals surface area contributed by atoms with Crippen molar-refractivity contribution in [3.63, 3.8) is 0 Å². The van der Waals surface area contributed by atoms with Crippen LogP contribution in [0.3, 0.4) is 0 Å². The smallest absolute Gasteiger partial charge is 0.211 e. The molecule has 112 valence electrons. The predicted octanol–water partition coefficient (Wildman–Crippen LogP) is 0.961. The lowest BCUT2D eigenvalue weighted by atomic mass is 10.1. The Labute approximate surface area is 118 Å². The van der Waals surface area contributed by atoms with Crippen LogP contribution >= 0.6 is 0 Å². The van der Waals surface area contributed by atoms with Gasteiger partial charge >= 0.3 is 0 Å². The highest BCUT2D eigenvalue weighted by Crippen LogP contribution is 2.24. The maximum atomic E-state index is 14.0. The Morgan fingerprint density at radius 3 is 2.30 bits per heavy atom. The fraction of sp³-hybridized carbons (Fsp3) is 0.538. The van der Waals surface area contributed by atoms with Crippen molar-refractivity contribution in [1.82, 2.24) is 4.31 Å². The van der Waals surface area contributed by atoms with E-state index >= 15 is 0 Å². The summed E-state index contributed by atoms with van der Waals surface area (Å²) in [6, 6.07) is 4.64. The molecule has 0 bridgehead atoms. The summed E-state index contributed by atoms with van der Waals surface area (Å²) in [5.41, 5.74) is 0.976. The molecule has 0 spiro atoms. The average molecular weight is 302 g/mol. The average Bonchev–Trinajstić information content (AvgIpc) is 2.37. The Bertz CT molecular complexity index is 581. The number of hydrogen-bond donors (Lipinski definition) is 1. The molecule has 0 saturated carbocycles. The molecule has 1 atom stereocenters. The molecule has 0 aliphatic carbocycles. The topological polar surface area (TPSA) is 60.9 Å². The zero-order valence-electron chi connectivity index (χ0n) is 11.6. The van der Waals surface area contributed by atoms with E-state index < -0.39 is 21.9 Å². The molecule has 1 heterocycles. The molecule has 1 N–H and O–H groups in total. The summed E-state index contributed by atoms with van der Waals surface area (Å²) < 4.78 is 38.3. The third kappa shape index (κ3) is 3.28. The standard InChI is InChI=1S/C13H19FN2O3S/c1-10(17)11-3-4-13(12(14)9-11)15-5-7-16(8-6-15)20(2,18)19/h3-4,9-10,17H,5-8H2,1-2H3. The Hall–Kier alpha value is -1.18. The van der Waals surface area contributed by atoms with Gasteiger partial charge in [-0.3, -0.25) is 0 Å². The SMILES string of the molecule is CC(O)c1ccc(N2CCN(S(C)(=O)=O)CC2)c(F)c1. The second-order valence-electron chi connectivity index (χ2n) is 5.04. The molecule has 0 radical (unpaired) electrons. The van der Waals surface area contributed by atoms with Gasteiger partial charge in [-0.2, -0.15) is 4.31 Å². The predicted molar refractivity (Wildman–Crippen MR) is 75.7 cm³/mol. The number of benzene rings is 1. The molecule has 1 aliphatic heterocycles. The van der Waals surface area contributed by atoms with Gasteiger partial charge < -0.3 is 10.0 Å². The van der Waals surface area contributed by atoms with Crippen LogP contribution in [0.4, 0.5) is 10.1 Å². The molecule has 7 heteroatoms. The minimum absolute atomic E-state index is 0.358. The van der Waals surface area contributed by atoms with Crippen LogP contribution < -0.4 is 4.90 Å². The van der Waals surface area contributed by atoms with E-state index in [1.807, 2.05) is 4.90 Å². The quantitative estimate of drug-likeness (QED) is 0.903. The van der Waals surface area contributed by atoms with Gasteiger partial charge in [-0.15, -0.1) is 0 Å². The molecule has 20 heavy (non-hydrogen) atoms. The maximum absolute atomic E-state index is 14.0. The number of sulfonamides is 1. The second-order valence-corrected chi connectivity index (χ2v) is 7.02. The lowest BCUT2D eigenvalue weighted by Crippen LogP contribution is -2.48. The second kappa shape index (κ2) is 5.67. The molecule has 1 aromatic carbocycles. The van der Waals surface area contributed by atoms with Crippen molar-refractivity contribution >= 4 is 15.7 Å². The first-order valence-corrected chi connectivity index (χ1v) is 8.31. The molecule has 5 nitrogen and oxygen atoms in total. The van der Waals surface area contributed by atoms with Crippen LogP contribution in [0.1, 0.15) is 18.6 Å². The third-order valence-electron chi connectivity index (χ3n) is 3.50. The van der Waals surface area contributed by atoms with E-state index in [9.17, 15) is 17.9 Å². The van der Waals surface area contributed by atoms with Gasteiger partial charge in [0.25, 0.3) is 0 Å². The van der Waals surface area contributed by atoms with Crippen molar-refractivity contribution < 1.29 is 17.9 Å². The maximum Gasteiger partial charge on any atom is 0.211 e. The van der Waals surface area contributed by atoms with E-state index in [2.05, 4.69) is 0 Å². The number of hydrogen-bond acceptors (Lipinski definition) is 4. The summed E-state index contributed by atoms with van der Waals surface area (Å²) in [6.45, 7) is 3.21. The van der Waals surface area contributed by atoms with Crippen LogP contribution in [-0.4, -0.2) is 50.3 Å². The number of rotatable bonds is 3. The van der Waals surface area contributed by atoms with Crippen molar-refractivity contribution in [3.8, 4) is 0 Å². The van der Waals surface area contributed by atoms with E-state index in [1.54, 1.807) is 19.1 Å². The normalized spacial score (nSPS) is 19.1. The largest absolute Gasteiger partial charge is 0.389 e. The summed E-state index contributed by atoms with van der Waals surface area (Å²) in [4.78, 5) is 1.82. The first-order chi connectivity index (χ1) is 9.29. The van der Waals surface area contributed by atoms with Gasteiger partial charge in [0.05, 0.1) is 18.0 Å². The Morgan fingerprint density at radius 2 is 1.85 bits per heavy atom. The van der Waals surface area contributed by atoms with Gasteiger partial charge in [-0.05, 0) is 24.6 Å². The van der Waals surface area contributed by atoms with E-state index in [-0.39, 0.29) is 0 Å². The van der Waals surface area contributed by atoms with Gasteiger partial charge in [0.1, 0.15) is 5.82 Å². The minimum atomic E-state index is -3.18. The summed E-state index contributed by atoms with van der Waals surface area (Å²) in [5.74, 6) is -0.392. The van der Waals surface area contributed by atoms with Crippen LogP contribution in [0.25, 0.3) is 0 Å². The molecule has 0 aromatic heterocycles. The van der Waals surface area contributed by atoms with E-state index in [1.165, 1.54) is 16.6 Å². The molecule has 1 aliphatic rings. The van der Waals surface area contributed by atoms with Crippen molar-refractivity contribution in [2.24, 2.45) is 0 Å². The van der Waals surface area contributed by atoms with Crippen molar-refractivity contribution in [2.75, 3.05) is 37.3 Å². The zero-order chi connectivity index (χ0) is 14.9. The van der Waals surface area contributed by atoms with Crippen LogP contribution in [0.15, 0.2) is 18.2 Å². The van der Waals surface area contributed by atoms with Crippen LogP contribution in [0.5, 0.6) is 0 Å². The molecule has 1 unspecified atom stereocenters. The van der Waals surface area contributed by atoms with E-state index in [4.69, 9.17) is 0 Å². The molecule has 1 fully saturated rings. The Kier molecular flexibility index (Phi) is 4.31. The van der Waals surface area contributed by atoms with Crippen molar-refractivity contribution in [3.05, 3.63) is 29.6 Å². The first kappa shape index (κ1) is 15.2. The number of anilines is 1. The fourth-order valence-corrected chi connectivity index (χ4v) is 3.13. The van der Waals surface area contributed by atoms with Gasteiger partial charge in [-0.1, -0.05) is 6.07 Å².